The van der Waals surface area contributed by atoms with Crippen molar-refractivity contribution >= 4 is 5.82 Å². The van der Waals surface area contributed by atoms with Crippen molar-refractivity contribution in [2.24, 2.45) is 0 Å². The molecule has 0 aliphatic carbocycles. The maximum absolute atomic E-state index is 13.3. The summed E-state index contributed by atoms with van der Waals surface area (Å²) in [5.41, 5.74) is 0.989. The first-order valence-corrected chi connectivity index (χ1v) is 8.02. The lowest BCUT2D eigenvalue weighted by Crippen LogP contribution is -2.46. The molecule has 1 saturated heterocycles. The number of anilines is 1. The van der Waals surface area contributed by atoms with Gasteiger partial charge in [0, 0.05) is 32.7 Å². The van der Waals surface area contributed by atoms with Gasteiger partial charge >= 0.3 is 0 Å². The third-order valence-electron chi connectivity index (χ3n) is 3.93. The molecule has 1 N–H and O–H groups in total. The zero-order chi connectivity index (χ0) is 16.8. The molecule has 1 aromatic carbocycles. The second-order valence-electron chi connectivity index (χ2n) is 5.68. The Labute approximate surface area is 140 Å². The van der Waals surface area contributed by atoms with E-state index in [2.05, 4.69) is 19.8 Å². The third-order valence-corrected chi connectivity index (χ3v) is 3.93. The van der Waals surface area contributed by atoms with Gasteiger partial charge in [0.2, 0.25) is 5.88 Å². The topological polar surface area (TPSA) is 61.7 Å². The van der Waals surface area contributed by atoms with Gasteiger partial charge in [0.1, 0.15) is 12.4 Å². The Balaban J connectivity index is 1.55. The van der Waals surface area contributed by atoms with Crippen LogP contribution in [0.4, 0.5) is 10.2 Å². The minimum Gasteiger partial charge on any atom is -0.474 e. The highest BCUT2D eigenvalue weighted by atomic mass is 19.1. The van der Waals surface area contributed by atoms with Crippen molar-refractivity contribution in [1.29, 1.82) is 0 Å². The number of aliphatic hydroxyl groups excluding tert-OH is 1. The number of ether oxygens (including phenoxy) is 1. The van der Waals surface area contributed by atoms with Gasteiger partial charge in [0.25, 0.3) is 0 Å². The summed E-state index contributed by atoms with van der Waals surface area (Å²) in [6.07, 6.45) is 3.26. The molecule has 0 unspecified atom stereocenters. The van der Waals surface area contributed by atoms with Crippen molar-refractivity contribution in [1.82, 2.24) is 14.9 Å². The van der Waals surface area contributed by atoms with Crippen LogP contribution < -0.4 is 9.64 Å². The molecule has 1 aliphatic heterocycles. The van der Waals surface area contributed by atoms with Crippen molar-refractivity contribution < 1.29 is 14.2 Å². The number of aliphatic hydroxyl groups is 1. The maximum Gasteiger partial charge on any atom is 0.234 e. The summed E-state index contributed by atoms with van der Waals surface area (Å²) in [6, 6.07) is 6.74. The first kappa shape index (κ1) is 16.6. The van der Waals surface area contributed by atoms with E-state index in [1.165, 1.54) is 6.07 Å². The van der Waals surface area contributed by atoms with E-state index in [0.29, 0.717) is 5.88 Å². The lowest BCUT2D eigenvalue weighted by molar-refractivity contribution is 0.196. The number of hydrogen-bond donors (Lipinski definition) is 1. The molecule has 1 aliphatic rings. The fraction of sp³-hybridized carbons (Fsp3) is 0.412. The molecule has 1 fully saturated rings. The molecular weight excluding hydrogens is 311 g/mol. The predicted octanol–water partition coefficient (Wildman–Crippen LogP) is 1.31. The van der Waals surface area contributed by atoms with Crippen LogP contribution in [-0.4, -0.2) is 59.4 Å². The minimum absolute atomic E-state index is 0.0509. The van der Waals surface area contributed by atoms with Gasteiger partial charge in [-0.15, -0.1) is 0 Å². The van der Waals surface area contributed by atoms with Crippen molar-refractivity contribution in [3.8, 4) is 5.88 Å². The number of aromatic nitrogens is 2. The van der Waals surface area contributed by atoms with Gasteiger partial charge in [-0.1, -0.05) is 12.1 Å². The van der Waals surface area contributed by atoms with E-state index >= 15 is 0 Å². The molecule has 0 amide bonds. The van der Waals surface area contributed by atoms with Crippen molar-refractivity contribution in [3.63, 3.8) is 0 Å². The van der Waals surface area contributed by atoms with E-state index in [1.807, 2.05) is 6.07 Å². The molecule has 2 aromatic rings. The molecule has 128 valence electrons. The highest BCUT2D eigenvalue weighted by molar-refractivity contribution is 5.38. The summed E-state index contributed by atoms with van der Waals surface area (Å²) >= 11 is 0. The highest BCUT2D eigenvalue weighted by Crippen LogP contribution is 2.17. The van der Waals surface area contributed by atoms with Crippen LogP contribution in [0, 0.1) is 5.82 Å². The molecule has 1 aromatic heterocycles. The summed E-state index contributed by atoms with van der Waals surface area (Å²) in [4.78, 5) is 13.0. The van der Waals surface area contributed by atoms with Crippen LogP contribution in [0.1, 0.15) is 5.56 Å². The van der Waals surface area contributed by atoms with Gasteiger partial charge in [-0.2, -0.15) is 4.98 Å². The Morgan fingerprint density at radius 1 is 1.17 bits per heavy atom. The van der Waals surface area contributed by atoms with Crippen molar-refractivity contribution in [3.05, 3.63) is 48.0 Å². The molecule has 0 radical (unpaired) electrons. The van der Waals surface area contributed by atoms with Crippen LogP contribution in [0.2, 0.25) is 0 Å². The molecule has 0 spiro atoms. The Bertz CT molecular complexity index is 663. The smallest absolute Gasteiger partial charge is 0.234 e. The fourth-order valence-corrected chi connectivity index (χ4v) is 2.74. The zero-order valence-electron chi connectivity index (χ0n) is 13.4. The molecular formula is C17H21FN4O2. The van der Waals surface area contributed by atoms with Gasteiger partial charge in [-0.3, -0.25) is 9.88 Å². The summed E-state index contributed by atoms with van der Waals surface area (Å²) in [5.74, 6) is 1.00. The average Bonchev–Trinajstić information content (AvgIpc) is 2.61. The molecule has 0 bridgehead atoms. The second kappa shape index (κ2) is 8.03. The normalized spacial score (nSPS) is 15.5. The molecule has 0 saturated carbocycles. The standard InChI is InChI=1S/C17H21FN4O2/c18-15-3-1-2-14(10-15)13-21-4-6-22(7-5-21)16-11-19-12-17(20-16)24-9-8-23/h1-3,10-12,23H,4-9,13H2. The third kappa shape index (κ3) is 4.39. The van der Waals surface area contributed by atoms with E-state index < -0.39 is 0 Å². The van der Waals surface area contributed by atoms with Gasteiger partial charge < -0.3 is 14.7 Å². The lowest BCUT2D eigenvalue weighted by atomic mass is 10.2. The SMILES string of the molecule is OCCOc1cncc(N2CCN(Cc3cccc(F)c3)CC2)n1. The lowest BCUT2D eigenvalue weighted by Gasteiger charge is -2.35. The van der Waals surface area contributed by atoms with Crippen LogP contribution in [0.25, 0.3) is 0 Å². The number of benzene rings is 1. The summed E-state index contributed by atoms with van der Waals surface area (Å²) in [6.45, 7) is 4.31. The van der Waals surface area contributed by atoms with Crippen molar-refractivity contribution in [2.45, 2.75) is 6.54 Å². The minimum atomic E-state index is -0.193. The van der Waals surface area contributed by atoms with E-state index in [1.54, 1.807) is 24.5 Å². The van der Waals surface area contributed by atoms with Gasteiger partial charge in [0.15, 0.2) is 5.82 Å². The Hall–Kier alpha value is -2.25. The monoisotopic (exact) mass is 332 g/mol. The summed E-state index contributed by atoms with van der Waals surface area (Å²) in [5, 5.41) is 8.80. The van der Waals surface area contributed by atoms with E-state index in [4.69, 9.17) is 9.84 Å². The van der Waals surface area contributed by atoms with E-state index in [-0.39, 0.29) is 19.0 Å². The van der Waals surface area contributed by atoms with E-state index in [9.17, 15) is 4.39 Å². The maximum atomic E-state index is 13.3. The van der Waals surface area contributed by atoms with Crippen LogP contribution in [-0.2, 0) is 6.54 Å². The van der Waals surface area contributed by atoms with Crippen LogP contribution in [0.5, 0.6) is 5.88 Å². The molecule has 24 heavy (non-hydrogen) atoms. The summed E-state index contributed by atoms with van der Waals surface area (Å²) in [7, 11) is 0. The molecule has 2 heterocycles. The Kier molecular flexibility index (Phi) is 5.55. The largest absolute Gasteiger partial charge is 0.474 e. The first-order valence-electron chi connectivity index (χ1n) is 8.02. The Morgan fingerprint density at radius 2 is 2.00 bits per heavy atom. The second-order valence-corrected chi connectivity index (χ2v) is 5.68. The molecule has 7 heteroatoms. The number of hydrogen-bond acceptors (Lipinski definition) is 6. The number of piperazine rings is 1. The van der Waals surface area contributed by atoms with Crippen LogP contribution >= 0.6 is 0 Å². The van der Waals surface area contributed by atoms with Crippen LogP contribution in [0.15, 0.2) is 36.7 Å². The van der Waals surface area contributed by atoms with Gasteiger partial charge in [0.05, 0.1) is 19.0 Å². The summed E-state index contributed by atoms with van der Waals surface area (Å²) < 4.78 is 18.6. The predicted molar refractivity (Wildman–Crippen MR) is 88.5 cm³/mol. The number of halogens is 1. The fourth-order valence-electron chi connectivity index (χ4n) is 2.74. The first-order chi connectivity index (χ1) is 11.7. The number of nitrogens with zero attached hydrogens (tertiary/aromatic N) is 4. The quantitative estimate of drug-likeness (QED) is 0.861. The number of rotatable bonds is 6. The molecule has 3 rings (SSSR count). The van der Waals surface area contributed by atoms with Crippen molar-refractivity contribution in [2.75, 3.05) is 44.3 Å². The van der Waals surface area contributed by atoms with Crippen LogP contribution in [0.3, 0.4) is 0 Å². The average molecular weight is 332 g/mol. The highest BCUT2D eigenvalue weighted by Gasteiger charge is 2.19. The molecule has 0 atom stereocenters. The van der Waals surface area contributed by atoms with E-state index in [0.717, 1.165) is 44.1 Å². The Morgan fingerprint density at radius 3 is 2.75 bits per heavy atom. The van der Waals surface area contributed by atoms with Gasteiger partial charge in [-0.25, -0.2) is 4.39 Å². The zero-order valence-corrected chi connectivity index (χ0v) is 13.4. The van der Waals surface area contributed by atoms with Gasteiger partial charge in [-0.05, 0) is 17.7 Å². The molecule has 6 nitrogen and oxygen atoms in total.